The quantitative estimate of drug-likeness (QED) is 0.274. The van der Waals surface area contributed by atoms with Gasteiger partial charge in [-0.15, -0.1) is 0 Å². The van der Waals surface area contributed by atoms with Crippen molar-refractivity contribution in [2.24, 2.45) is 0 Å². The molecule has 3 N–H and O–H groups in total. The smallest absolute Gasteiger partial charge is 0.251 e. The van der Waals surface area contributed by atoms with Crippen LogP contribution in [0.2, 0.25) is 0 Å². The van der Waals surface area contributed by atoms with Gasteiger partial charge in [0.05, 0.1) is 29.8 Å². The fourth-order valence-corrected chi connectivity index (χ4v) is 7.15. The van der Waals surface area contributed by atoms with Gasteiger partial charge in [0.15, 0.2) is 0 Å². The summed E-state index contributed by atoms with van der Waals surface area (Å²) in [6, 6.07) is 22.9. The molecule has 2 aliphatic rings. The molecule has 0 radical (unpaired) electrons. The number of nitrogens with one attached hydrogen (secondary N) is 2. The molecule has 1 aliphatic carbocycles. The van der Waals surface area contributed by atoms with Gasteiger partial charge in [0.1, 0.15) is 0 Å². The molecule has 2 amide bonds. The first-order chi connectivity index (χ1) is 21.2. The Bertz CT molecular complexity index is 1530. The van der Waals surface area contributed by atoms with E-state index in [0.29, 0.717) is 49.8 Å². The molecule has 3 aromatic rings. The van der Waals surface area contributed by atoms with E-state index in [0.717, 1.165) is 24.7 Å². The van der Waals surface area contributed by atoms with Crippen molar-refractivity contribution in [2.45, 2.75) is 69.6 Å². The van der Waals surface area contributed by atoms with E-state index < -0.39 is 28.1 Å². The lowest BCUT2D eigenvalue weighted by atomic mass is 9.95. The van der Waals surface area contributed by atoms with Crippen molar-refractivity contribution in [3.63, 3.8) is 0 Å². The van der Waals surface area contributed by atoms with Crippen LogP contribution in [0.1, 0.15) is 60.9 Å². The largest absolute Gasteiger partial charge is 0.390 e. The lowest BCUT2D eigenvalue weighted by Crippen LogP contribution is -2.50. The zero-order valence-corrected chi connectivity index (χ0v) is 26.0. The number of rotatable bonds is 12. The first-order valence-corrected chi connectivity index (χ1v) is 17.3. The Morgan fingerprint density at radius 1 is 0.955 bits per heavy atom. The molecule has 0 unspecified atom stereocenters. The summed E-state index contributed by atoms with van der Waals surface area (Å²) in [7, 11) is -3.81. The normalized spacial score (nSPS) is 17.3. The van der Waals surface area contributed by atoms with E-state index in [4.69, 9.17) is 0 Å². The van der Waals surface area contributed by atoms with Crippen molar-refractivity contribution in [3.8, 4) is 0 Å². The van der Waals surface area contributed by atoms with Gasteiger partial charge in [-0.25, -0.2) is 12.7 Å². The standard InChI is InChI=1S/C34H42N4O5S/c1-44(42,43)38(28-16-9-4-10-17-28)30-22-26(21-29(23-30)37-19-11-18-33(37)40)34(41)36-31(20-25-12-5-2-6-13-25)32(39)24-35-27-14-7-3-8-15-27/h2,4-6,9-10,12-13,16-17,21-23,27,31-32,35,39H,3,7-8,11,14-15,18-20,24H2,1H3,(H,36,41)/t31-,32+/m0/s1. The van der Waals surface area contributed by atoms with Gasteiger partial charge in [0.25, 0.3) is 5.91 Å². The Kier molecular flexibility index (Phi) is 10.3. The summed E-state index contributed by atoms with van der Waals surface area (Å²) in [6.45, 7) is 0.821. The predicted octanol–water partition coefficient (Wildman–Crippen LogP) is 4.54. The molecular formula is C34H42N4O5S. The second kappa shape index (κ2) is 14.4. The number of amides is 2. The molecule has 0 bridgehead atoms. The van der Waals surface area contributed by atoms with E-state index in [2.05, 4.69) is 10.6 Å². The van der Waals surface area contributed by atoms with Crippen molar-refractivity contribution < 1.29 is 23.1 Å². The third kappa shape index (κ3) is 8.05. The summed E-state index contributed by atoms with van der Waals surface area (Å²) in [4.78, 5) is 28.3. The van der Waals surface area contributed by atoms with Crippen LogP contribution in [0.25, 0.3) is 0 Å². The fraction of sp³-hybridized carbons (Fsp3) is 0.412. The highest BCUT2D eigenvalue weighted by atomic mass is 32.2. The molecule has 10 heteroatoms. The van der Waals surface area contributed by atoms with E-state index in [-0.39, 0.29) is 17.2 Å². The molecule has 1 saturated carbocycles. The molecule has 1 saturated heterocycles. The number of anilines is 3. The van der Waals surface area contributed by atoms with Gasteiger partial charge in [-0.1, -0.05) is 67.8 Å². The second-order valence-corrected chi connectivity index (χ2v) is 13.7. The maximum atomic E-state index is 14.0. The minimum atomic E-state index is -3.81. The second-order valence-electron chi connectivity index (χ2n) is 11.8. The number of para-hydroxylation sites is 1. The Hall–Kier alpha value is -3.73. The SMILES string of the molecule is CS(=O)(=O)N(c1ccccc1)c1cc(C(=O)N[C@@H](Cc2ccccc2)[C@H](O)CNC2CCCCC2)cc(N2CCCC2=O)c1. The number of aliphatic hydroxyl groups excluding tert-OH is 1. The van der Waals surface area contributed by atoms with Gasteiger partial charge < -0.3 is 20.6 Å². The van der Waals surface area contributed by atoms with Crippen molar-refractivity contribution in [1.82, 2.24) is 10.6 Å². The third-order valence-corrected chi connectivity index (χ3v) is 9.49. The van der Waals surface area contributed by atoms with Crippen molar-refractivity contribution >= 4 is 38.9 Å². The molecular weight excluding hydrogens is 576 g/mol. The number of aliphatic hydroxyl groups is 1. The van der Waals surface area contributed by atoms with Crippen LogP contribution in [-0.2, 0) is 21.2 Å². The lowest BCUT2D eigenvalue weighted by Gasteiger charge is -2.29. The van der Waals surface area contributed by atoms with Crippen LogP contribution in [0.4, 0.5) is 17.1 Å². The van der Waals surface area contributed by atoms with Gasteiger partial charge in [-0.3, -0.25) is 9.59 Å². The van der Waals surface area contributed by atoms with Gasteiger partial charge in [0, 0.05) is 36.8 Å². The highest BCUT2D eigenvalue weighted by molar-refractivity contribution is 7.92. The summed E-state index contributed by atoms with van der Waals surface area (Å²) in [5.41, 5.74) is 2.29. The summed E-state index contributed by atoms with van der Waals surface area (Å²) in [5, 5.41) is 17.9. The summed E-state index contributed by atoms with van der Waals surface area (Å²) >= 11 is 0. The molecule has 2 fully saturated rings. The summed E-state index contributed by atoms with van der Waals surface area (Å²) in [6.07, 6.45) is 7.46. The van der Waals surface area contributed by atoms with Crippen LogP contribution in [0.15, 0.2) is 78.9 Å². The third-order valence-electron chi connectivity index (χ3n) is 8.41. The van der Waals surface area contributed by atoms with E-state index in [1.165, 1.54) is 29.6 Å². The zero-order valence-electron chi connectivity index (χ0n) is 25.2. The minimum absolute atomic E-state index is 0.0784. The first-order valence-electron chi connectivity index (χ1n) is 15.5. The van der Waals surface area contributed by atoms with Crippen molar-refractivity contribution in [1.29, 1.82) is 0 Å². The molecule has 1 heterocycles. The number of carbonyl (C=O) groups excluding carboxylic acids is 2. The number of carbonyl (C=O) groups is 2. The fourth-order valence-electron chi connectivity index (χ4n) is 6.16. The Balaban J connectivity index is 1.47. The zero-order chi connectivity index (χ0) is 31.1. The van der Waals surface area contributed by atoms with Crippen molar-refractivity contribution in [2.75, 3.05) is 28.6 Å². The maximum Gasteiger partial charge on any atom is 0.251 e. The van der Waals surface area contributed by atoms with Crippen LogP contribution in [0.5, 0.6) is 0 Å². The van der Waals surface area contributed by atoms with Gasteiger partial charge >= 0.3 is 0 Å². The molecule has 9 nitrogen and oxygen atoms in total. The van der Waals surface area contributed by atoms with Crippen LogP contribution in [0.3, 0.4) is 0 Å². The van der Waals surface area contributed by atoms with Crippen LogP contribution >= 0.6 is 0 Å². The Morgan fingerprint density at radius 2 is 1.64 bits per heavy atom. The molecule has 0 aromatic heterocycles. The molecule has 1 aliphatic heterocycles. The van der Waals surface area contributed by atoms with E-state index in [1.807, 2.05) is 30.3 Å². The minimum Gasteiger partial charge on any atom is -0.390 e. The molecule has 3 aromatic carbocycles. The summed E-state index contributed by atoms with van der Waals surface area (Å²) in [5.74, 6) is -0.538. The molecule has 0 spiro atoms. The van der Waals surface area contributed by atoms with E-state index >= 15 is 0 Å². The molecule has 234 valence electrons. The van der Waals surface area contributed by atoms with E-state index in [1.54, 1.807) is 47.4 Å². The van der Waals surface area contributed by atoms with E-state index in [9.17, 15) is 23.1 Å². The molecule has 5 rings (SSSR count). The Labute approximate surface area is 260 Å². The topological polar surface area (TPSA) is 119 Å². The average molecular weight is 619 g/mol. The van der Waals surface area contributed by atoms with Gasteiger partial charge in [0.2, 0.25) is 15.9 Å². The number of nitrogens with zero attached hydrogens (tertiary/aromatic N) is 2. The summed E-state index contributed by atoms with van der Waals surface area (Å²) < 4.78 is 27.4. The number of sulfonamides is 1. The van der Waals surface area contributed by atoms with Crippen LogP contribution in [0, 0.1) is 0 Å². The predicted molar refractivity (Wildman–Crippen MR) is 174 cm³/mol. The van der Waals surface area contributed by atoms with Gasteiger partial charge in [-0.05, 0) is 61.6 Å². The average Bonchev–Trinajstić information content (AvgIpc) is 3.46. The first kappa shape index (κ1) is 31.7. The maximum absolute atomic E-state index is 14.0. The number of hydrogen-bond acceptors (Lipinski definition) is 6. The lowest BCUT2D eigenvalue weighted by molar-refractivity contribution is -0.117. The molecule has 2 atom stereocenters. The Morgan fingerprint density at radius 3 is 2.27 bits per heavy atom. The monoisotopic (exact) mass is 618 g/mol. The van der Waals surface area contributed by atoms with Crippen LogP contribution in [-0.4, -0.2) is 62.9 Å². The van der Waals surface area contributed by atoms with Crippen molar-refractivity contribution in [3.05, 3.63) is 90.0 Å². The van der Waals surface area contributed by atoms with Crippen LogP contribution < -0.4 is 19.8 Å². The number of hydrogen-bond donors (Lipinski definition) is 3. The highest BCUT2D eigenvalue weighted by Crippen LogP contribution is 2.34. The highest BCUT2D eigenvalue weighted by Gasteiger charge is 2.29. The molecule has 44 heavy (non-hydrogen) atoms. The number of benzene rings is 3. The van der Waals surface area contributed by atoms with Gasteiger partial charge in [-0.2, -0.15) is 0 Å².